The molecular formula is C29H33FN2O5S. The van der Waals surface area contributed by atoms with E-state index in [0.29, 0.717) is 17.7 Å². The second-order valence-corrected chi connectivity index (χ2v) is 10.3. The van der Waals surface area contributed by atoms with Crippen LogP contribution in [0, 0.1) is 11.7 Å². The molecule has 202 valence electrons. The number of hydrogen-bond donors (Lipinski definition) is 2. The van der Waals surface area contributed by atoms with Crippen molar-refractivity contribution in [2.75, 3.05) is 5.75 Å². The highest BCUT2D eigenvalue weighted by molar-refractivity contribution is 7.99. The molecule has 0 aliphatic carbocycles. The maximum Gasteiger partial charge on any atom is 0.408 e. The molecule has 0 radical (unpaired) electrons. The van der Waals surface area contributed by atoms with Gasteiger partial charge < -0.3 is 19.8 Å². The average molecular weight is 541 g/mol. The molecule has 2 amide bonds. The van der Waals surface area contributed by atoms with Crippen LogP contribution in [0.1, 0.15) is 37.2 Å². The van der Waals surface area contributed by atoms with Crippen molar-refractivity contribution < 1.29 is 27.9 Å². The van der Waals surface area contributed by atoms with Gasteiger partial charge in [0.15, 0.2) is 5.78 Å². The lowest BCUT2D eigenvalue weighted by Gasteiger charge is -2.24. The maximum atomic E-state index is 13.4. The molecule has 38 heavy (non-hydrogen) atoms. The lowest BCUT2D eigenvalue weighted by Crippen LogP contribution is -2.53. The van der Waals surface area contributed by atoms with E-state index in [-0.39, 0.29) is 36.3 Å². The van der Waals surface area contributed by atoms with Crippen molar-refractivity contribution in [3.8, 4) is 0 Å². The number of halogens is 1. The first-order valence-corrected chi connectivity index (χ1v) is 13.6. The number of Topliss-reactive ketones (excluding diaryl/α,β-unsaturated/α-hetero) is 1. The van der Waals surface area contributed by atoms with Crippen LogP contribution in [0.15, 0.2) is 77.4 Å². The predicted molar refractivity (Wildman–Crippen MR) is 145 cm³/mol. The quantitative estimate of drug-likeness (QED) is 0.288. The SMILES string of the molecule is CC(C)C[C@H](NC(=O)OCc1ccccc1)C(=O)N[C@@H](Cc1ccc(F)cc1)C(=O)CSCc1ccco1. The van der Waals surface area contributed by atoms with Crippen LogP contribution in [0.2, 0.25) is 0 Å². The minimum Gasteiger partial charge on any atom is -0.468 e. The number of hydrogen-bond acceptors (Lipinski definition) is 6. The highest BCUT2D eigenvalue weighted by Gasteiger charge is 2.28. The monoisotopic (exact) mass is 540 g/mol. The third kappa shape index (κ3) is 10.0. The fraction of sp³-hybridized carbons (Fsp3) is 0.345. The fourth-order valence-electron chi connectivity index (χ4n) is 3.73. The van der Waals surface area contributed by atoms with Gasteiger partial charge in [0.05, 0.1) is 23.8 Å². The summed E-state index contributed by atoms with van der Waals surface area (Å²) < 4.78 is 24.0. The van der Waals surface area contributed by atoms with Gasteiger partial charge in [-0.25, -0.2) is 9.18 Å². The van der Waals surface area contributed by atoms with Crippen molar-refractivity contribution in [2.45, 2.75) is 51.1 Å². The molecule has 7 nitrogen and oxygen atoms in total. The Morgan fingerprint density at radius 1 is 0.921 bits per heavy atom. The summed E-state index contributed by atoms with van der Waals surface area (Å²) in [4.78, 5) is 38.9. The summed E-state index contributed by atoms with van der Waals surface area (Å²) in [6, 6.07) is 16.9. The van der Waals surface area contributed by atoms with E-state index in [4.69, 9.17) is 9.15 Å². The summed E-state index contributed by atoms with van der Waals surface area (Å²) in [6.07, 6.45) is 1.41. The molecule has 9 heteroatoms. The van der Waals surface area contributed by atoms with Gasteiger partial charge in [-0.05, 0) is 54.2 Å². The topological polar surface area (TPSA) is 97.6 Å². The van der Waals surface area contributed by atoms with Gasteiger partial charge in [0, 0.05) is 0 Å². The molecule has 0 aliphatic rings. The van der Waals surface area contributed by atoms with E-state index in [1.807, 2.05) is 50.2 Å². The number of amides is 2. The molecule has 2 N–H and O–H groups in total. The highest BCUT2D eigenvalue weighted by Crippen LogP contribution is 2.15. The van der Waals surface area contributed by atoms with Crippen LogP contribution in [-0.4, -0.2) is 35.6 Å². The summed E-state index contributed by atoms with van der Waals surface area (Å²) in [5, 5.41) is 5.46. The number of benzene rings is 2. The summed E-state index contributed by atoms with van der Waals surface area (Å²) in [5.41, 5.74) is 1.53. The Morgan fingerprint density at radius 3 is 2.32 bits per heavy atom. The van der Waals surface area contributed by atoms with Crippen molar-refractivity contribution in [3.05, 3.63) is 95.7 Å². The molecule has 0 fully saturated rings. The highest BCUT2D eigenvalue weighted by atomic mass is 32.2. The third-order valence-electron chi connectivity index (χ3n) is 5.66. The molecule has 0 aliphatic heterocycles. The van der Waals surface area contributed by atoms with Crippen LogP contribution in [0.3, 0.4) is 0 Å². The van der Waals surface area contributed by atoms with Crippen LogP contribution in [-0.2, 0) is 33.1 Å². The Labute approximate surface area is 226 Å². The Kier molecular flexibility index (Phi) is 11.4. The van der Waals surface area contributed by atoms with Crippen molar-refractivity contribution in [2.24, 2.45) is 5.92 Å². The van der Waals surface area contributed by atoms with Crippen LogP contribution >= 0.6 is 11.8 Å². The number of rotatable bonds is 14. The lowest BCUT2D eigenvalue weighted by molar-refractivity contribution is -0.128. The predicted octanol–water partition coefficient (Wildman–Crippen LogP) is 5.29. The molecular weight excluding hydrogens is 507 g/mol. The zero-order valence-corrected chi connectivity index (χ0v) is 22.3. The first kappa shape index (κ1) is 29.0. The van der Waals surface area contributed by atoms with Crippen molar-refractivity contribution in [1.82, 2.24) is 10.6 Å². The summed E-state index contributed by atoms with van der Waals surface area (Å²) >= 11 is 1.38. The molecule has 2 aromatic carbocycles. The molecule has 0 spiro atoms. The molecule has 2 atom stereocenters. The number of thioether (sulfide) groups is 1. The molecule has 3 rings (SSSR count). The number of carbonyl (C=O) groups is 3. The van der Waals surface area contributed by atoms with Crippen LogP contribution in [0.5, 0.6) is 0 Å². The van der Waals surface area contributed by atoms with Crippen molar-refractivity contribution >= 4 is 29.5 Å². The second-order valence-electron chi connectivity index (χ2n) is 9.32. The number of carbonyl (C=O) groups excluding carboxylic acids is 3. The number of ether oxygens (including phenoxy) is 1. The number of furan rings is 1. The molecule has 1 heterocycles. The minimum atomic E-state index is -0.891. The van der Waals surface area contributed by atoms with Crippen LogP contribution < -0.4 is 10.6 Å². The van der Waals surface area contributed by atoms with Gasteiger partial charge in [-0.15, -0.1) is 11.8 Å². The molecule has 0 bridgehead atoms. The normalized spacial score (nSPS) is 12.5. The third-order valence-corrected chi connectivity index (χ3v) is 6.63. The van der Waals surface area contributed by atoms with E-state index in [9.17, 15) is 18.8 Å². The van der Waals surface area contributed by atoms with Crippen molar-refractivity contribution in [3.63, 3.8) is 0 Å². The van der Waals surface area contributed by atoms with Gasteiger partial charge in [-0.3, -0.25) is 9.59 Å². The largest absolute Gasteiger partial charge is 0.468 e. The Hall–Kier alpha value is -3.59. The molecule has 0 saturated heterocycles. The van der Waals surface area contributed by atoms with E-state index in [2.05, 4.69) is 10.6 Å². The van der Waals surface area contributed by atoms with E-state index >= 15 is 0 Å². The zero-order valence-electron chi connectivity index (χ0n) is 21.5. The molecule has 1 aromatic heterocycles. The fourth-order valence-corrected chi connectivity index (χ4v) is 4.60. The molecule has 3 aromatic rings. The van der Waals surface area contributed by atoms with Gasteiger partial charge in [0.1, 0.15) is 24.2 Å². The summed E-state index contributed by atoms with van der Waals surface area (Å²) in [7, 11) is 0. The average Bonchev–Trinajstić information content (AvgIpc) is 3.42. The van der Waals surface area contributed by atoms with Gasteiger partial charge in [0.2, 0.25) is 5.91 Å². The summed E-state index contributed by atoms with van der Waals surface area (Å²) in [5.74, 6) is 0.452. The van der Waals surface area contributed by atoms with Gasteiger partial charge in [-0.1, -0.05) is 56.3 Å². The maximum absolute atomic E-state index is 13.4. The standard InChI is InChI=1S/C29H33FN2O5S/c1-20(2)15-26(32-29(35)37-17-22-7-4-3-5-8-22)28(34)31-25(16-21-10-12-23(30)13-11-21)27(33)19-38-18-24-9-6-14-36-24/h3-14,20,25-26H,15-19H2,1-2H3,(H,31,34)(H,32,35)/t25-,26-/m0/s1. The molecule has 0 unspecified atom stereocenters. The number of alkyl carbamates (subject to hydrolysis) is 1. The van der Waals surface area contributed by atoms with Crippen LogP contribution in [0.4, 0.5) is 9.18 Å². The zero-order chi connectivity index (χ0) is 27.3. The smallest absolute Gasteiger partial charge is 0.408 e. The first-order valence-electron chi connectivity index (χ1n) is 12.4. The van der Waals surface area contributed by atoms with E-state index in [0.717, 1.165) is 11.3 Å². The lowest BCUT2D eigenvalue weighted by atomic mass is 10.00. The molecule has 0 saturated carbocycles. The summed E-state index contributed by atoms with van der Waals surface area (Å²) in [6.45, 7) is 3.94. The van der Waals surface area contributed by atoms with E-state index in [1.54, 1.807) is 24.5 Å². The Balaban J connectivity index is 1.65. The van der Waals surface area contributed by atoms with Gasteiger partial charge >= 0.3 is 6.09 Å². The van der Waals surface area contributed by atoms with Gasteiger partial charge in [-0.2, -0.15) is 0 Å². The van der Waals surface area contributed by atoms with E-state index < -0.39 is 24.1 Å². The minimum absolute atomic E-state index is 0.0707. The van der Waals surface area contributed by atoms with Gasteiger partial charge in [0.25, 0.3) is 0 Å². The van der Waals surface area contributed by atoms with Crippen LogP contribution in [0.25, 0.3) is 0 Å². The number of ketones is 1. The number of nitrogens with one attached hydrogen (secondary N) is 2. The van der Waals surface area contributed by atoms with E-state index in [1.165, 1.54) is 23.9 Å². The first-order chi connectivity index (χ1) is 18.3. The van der Waals surface area contributed by atoms with Crippen molar-refractivity contribution in [1.29, 1.82) is 0 Å². The Morgan fingerprint density at radius 2 is 1.66 bits per heavy atom. The second kappa shape index (κ2) is 15.0. The Bertz CT molecular complexity index is 1150.